The van der Waals surface area contributed by atoms with Crippen LogP contribution >= 0.6 is 11.8 Å². The van der Waals surface area contributed by atoms with Gasteiger partial charge in [-0.15, -0.1) is 0 Å². The van der Waals surface area contributed by atoms with E-state index in [1.54, 1.807) is 16.8 Å². The molecule has 3 rings (SSSR count). The third-order valence-corrected chi connectivity index (χ3v) is 5.31. The van der Waals surface area contributed by atoms with Crippen molar-refractivity contribution in [1.29, 1.82) is 0 Å². The number of amides is 2. The summed E-state index contributed by atoms with van der Waals surface area (Å²) >= 11 is 1.33. The lowest BCUT2D eigenvalue weighted by Gasteiger charge is -2.18. The van der Waals surface area contributed by atoms with Crippen molar-refractivity contribution in [2.24, 2.45) is 5.92 Å². The minimum atomic E-state index is 0.0439. The lowest BCUT2D eigenvalue weighted by molar-refractivity contribution is -0.130. The van der Waals surface area contributed by atoms with E-state index in [-0.39, 0.29) is 11.1 Å². The number of hydrogen-bond acceptors (Lipinski definition) is 4. The molecule has 1 aliphatic carbocycles. The molecule has 1 aliphatic heterocycles. The minimum absolute atomic E-state index is 0.0439. The molecule has 5 nitrogen and oxygen atoms in total. The lowest BCUT2D eigenvalue weighted by Crippen LogP contribution is -2.32. The Morgan fingerprint density at radius 1 is 1.50 bits per heavy atom. The van der Waals surface area contributed by atoms with Gasteiger partial charge in [0.15, 0.2) is 0 Å². The van der Waals surface area contributed by atoms with Gasteiger partial charge in [0.2, 0.25) is 5.91 Å². The van der Waals surface area contributed by atoms with Gasteiger partial charge in [0.1, 0.15) is 11.5 Å². The summed E-state index contributed by atoms with van der Waals surface area (Å²) in [6.45, 7) is 3.97. The molecule has 1 saturated heterocycles. The normalized spacial score (nSPS) is 23.9. The van der Waals surface area contributed by atoms with Crippen LogP contribution in [0.3, 0.4) is 0 Å². The van der Waals surface area contributed by atoms with Crippen molar-refractivity contribution in [3.8, 4) is 0 Å². The predicted octanol–water partition coefficient (Wildman–Crippen LogP) is 2.92. The Kier molecular flexibility index (Phi) is 4.47. The Bertz CT molecular complexity index is 571. The zero-order valence-corrected chi connectivity index (χ0v) is 13.9. The van der Waals surface area contributed by atoms with E-state index in [4.69, 9.17) is 4.42 Å². The maximum Gasteiger partial charge on any atom is 0.281 e. The van der Waals surface area contributed by atoms with Crippen LogP contribution in [0.4, 0.5) is 4.79 Å². The first kappa shape index (κ1) is 15.5. The Morgan fingerprint density at radius 2 is 2.27 bits per heavy atom. The first-order valence-electron chi connectivity index (χ1n) is 7.79. The number of carbonyl (C=O) groups is 2. The molecule has 2 fully saturated rings. The van der Waals surface area contributed by atoms with Crippen molar-refractivity contribution in [1.82, 2.24) is 9.80 Å². The molecule has 0 unspecified atom stereocenters. The average molecular weight is 322 g/mol. The zero-order valence-electron chi connectivity index (χ0n) is 13.1. The molecule has 1 saturated carbocycles. The molecule has 2 heterocycles. The summed E-state index contributed by atoms with van der Waals surface area (Å²) in [5.41, 5.74) is 0. The molecule has 2 aliphatic rings. The van der Waals surface area contributed by atoms with Gasteiger partial charge < -0.3 is 14.2 Å². The molecule has 0 aromatic carbocycles. The molecular formula is C16H22N2O3S. The second kappa shape index (κ2) is 6.36. The van der Waals surface area contributed by atoms with Gasteiger partial charge >= 0.3 is 0 Å². The molecule has 0 bridgehead atoms. The second-order valence-corrected chi connectivity index (χ2v) is 7.27. The highest BCUT2D eigenvalue weighted by Gasteiger charge is 2.36. The fourth-order valence-corrected chi connectivity index (χ4v) is 3.62. The Hall–Kier alpha value is -1.43. The van der Waals surface area contributed by atoms with Crippen LogP contribution in [0.2, 0.25) is 0 Å². The van der Waals surface area contributed by atoms with Gasteiger partial charge in [-0.3, -0.25) is 9.59 Å². The second-order valence-electron chi connectivity index (χ2n) is 6.22. The summed E-state index contributed by atoms with van der Waals surface area (Å²) in [5.74, 6) is 4.03. The number of furan rings is 1. The highest BCUT2D eigenvalue weighted by atomic mass is 32.2. The SMILES string of the molecule is C[C@@H]1C[C@@H]1c1ccc(CN(C)C(=O)CCN2CCSC2=O)o1. The van der Waals surface area contributed by atoms with Crippen molar-refractivity contribution in [2.45, 2.75) is 32.2 Å². The molecule has 0 N–H and O–H groups in total. The molecular weight excluding hydrogens is 300 g/mol. The van der Waals surface area contributed by atoms with Crippen LogP contribution in [0.25, 0.3) is 0 Å². The average Bonchev–Trinajstić information content (AvgIpc) is 2.88. The molecule has 2 amide bonds. The largest absolute Gasteiger partial charge is 0.464 e. The number of nitrogens with zero attached hydrogens (tertiary/aromatic N) is 2. The minimum Gasteiger partial charge on any atom is -0.464 e. The summed E-state index contributed by atoms with van der Waals surface area (Å²) < 4.78 is 5.83. The van der Waals surface area contributed by atoms with E-state index in [0.717, 1.165) is 23.8 Å². The third kappa shape index (κ3) is 3.48. The molecule has 6 heteroatoms. The lowest BCUT2D eigenvalue weighted by atomic mass is 10.3. The summed E-state index contributed by atoms with van der Waals surface area (Å²) in [7, 11) is 1.78. The first-order chi connectivity index (χ1) is 10.5. The number of hydrogen-bond donors (Lipinski definition) is 0. The Labute approximate surface area is 135 Å². The van der Waals surface area contributed by atoms with Crippen LogP contribution in [0.1, 0.15) is 37.2 Å². The summed E-state index contributed by atoms with van der Waals surface area (Å²) in [5, 5.41) is 0.0877. The van der Waals surface area contributed by atoms with Crippen molar-refractivity contribution in [2.75, 3.05) is 25.9 Å². The summed E-state index contributed by atoms with van der Waals surface area (Å²) in [6, 6.07) is 3.99. The van der Waals surface area contributed by atoms with Crippen LogP contribution in [-0.4, -0.2) is 46.8 Å². The monoisotopic (exact) mass is 322 g/mol. The van der Waals surface area contributed by atoms with Gasteiger partial charge in [-0.2, -0.15) is 0 Å². The number of thioether (sulfide) groups is 1. The molecule has 0 spiro atoms. The molecule has 0 radical (unpaired) electrons. The predicted molar refractivity (Wildman–Crippen MR) is 85.7 cm³/mol. The standard InChI is InChI=1S/C16H22N2O3S/c1-11-9-13(11)14-4-3-12(21-14)10-17(2)15(19)5-6-18-7-8-22-16(18)20/h3-4,11,13H,5-10H2,1-2H3/t11-,13+/m1/s1. The van der Waals surface area contributed by atoms with E-state index < -0.39 is 0 Å². The topological polar surface area (TPSA) is 53.8 Å². The van der Waals surface area contributed by atoms with E-state index in [2.05, 4.69) is 6.92 Å². The van der Waals surface area contributed by atoms with Gasteiger partial charge in [0, 0.05) is 38.2 Å². The molecule has 2 atom stereocenters. The van der Waals surface area contributed by atoms with Crippen LogP contribution in [0, 0.1) is 5.92 Å². The van der Waals surface area contributed by atoms with Crippen LogP contribution in [0.5, 0.6) is 0 Å². The van der Waals surface area contributed by atoms with E-state index in [1.165, 1.54) is 18.2 Å². The fraction of sp³-hybridized carbons (Fsp3) is 0.625. The fourth-order valence-electron chi connectivity index (χ4n) is 2.77. The number of rotatable bonds is 6. The van der Waals surface area contributed by atoms with Gasteiger partial charge in [0.25, 0.3) is 5.24 Å². The highest BCUT2D eigenvalue weighted by molar-refractivity contribution is 8.13. The summed E-state index contributed by atoms with van der Waals surface area (Å²) in [4.78, 5) is 27.1. The maximum atomic E-state index is 12.2. The molecule has 1 aromatic rings. The van der Waals surface area contributed by atoms with Crippen LogP contribution in [-0.2, 0) is 11.3 Å². The quantitative estimate of drug-likeness (QED) is 0.808. The van der Waals surface area contributed by atoms with Gasteiger partial charge in [0.05, 0.1) is 6.54 Å². The van der Waals surface area contributed by atoms with Gasteiger partial charge in [-0.1, -0.05) is 18.7 Å². The third-order valence-electron chi connectivity index (χ3n) is 4.42. The smallest absolute Gasteiger partial charge is 0.281 e. The van der Waals surface area contributed by atoms with E-state index >= 15 is 0 Å². The Morgan fingerprint density at radius 3 is 2.91 bits per heavy atom. The van der Waals surface area contributed by atoms with Crippen molar-refractivity contribution in [3.63, 3.8) is 0 Å². The van der Waals surface area contributed by atoms with Gasteiger partial charge in [-0.05, 0) is 24.5 Å². The van der Waals surface area contributed by atoms with Crippen molar-refractivity contribution in [3.05, 3.63) is 23.7 Å². The van der Waals surface area contributed by atoms with E-state index in [1.807, 2.05) is 12.1 Å². The summed E-state index contributed by atoms with van der Waals surface area (Å²) in [6.07, 6.45) is 1.57. The first-order valence-corrected chi connectivity index (χ1v) is 8.77. The maximum absolute atomic E-state index is 12.2. The Balaban J connectivity index is 1.46. The van der Waals surface area contributed by atoms with Crippen molar-refractivity contribution >= 4 is 22.9 Å². The van der Waals surface area contributed by atoms with Crippen molar-refractivity contribution < 1.29 is 14.0 Å². The molecule has 22 heavy (non-hydrogen) atoms. The highest BCUT2D eigenvalue weighted by Crippen LogP contribution is 2.47. The molecule has 1 aromatic heterocycles. The van der Waals surface area contributed by atoms with E-state index in [0.29, 0.717) is 31.3 Å². The van der Waals surface area contributed by atoms with Gasteiger partial charge in [-0.25, -0.2) is 0 Å². The molecule has 120 valence electrons. The van der Waals surface area contributed by atoms with Crippen LogP contribution < -0.4 is 0 Å². The zero-order chi connectivity index (χ0) is 15.7. The number of carbonyl (C=O) groups excluding carboxylic acids is 2. The van der Waals surface area contributed by atoms with E-state index in [9.17, 15) is 9.59 Å². The van der Waals surface area contributed by atoms with Crippen LogP contribution in [0.15, 0.2) is 16.5 Å².